The highest BCUT2D eigenvalue weighted by Gasteiger charge is 2.38. The summed E-state index contributed by atoms with van der Waals surface area (Å²) < 4.78 is 0. The Morgan fingerprint density at radius 3 is 2.35 bits per heavy atom. The fourth-order valence-electron chi connectivity index (χ4n) is 2.72. The van der Waals surface area contributed by atoms with Crippen molar-refractivity contribution in [3.63, 3.8) is 0 Å². The molecule has 23 heavy (non-hydrogen) atoms. The molecule has 3 N–H and O–H groups in total. The highest BCUT2D eigenvalue weighted by Crippen LogP contribution is 2.35. The minimum absolute atomic E-state index is 0.00598. The third-order valence-corrected chi connectivity index (χ3v) is 3.73. The van der Waals surface area contributed by atoms with Crippen LogP contribution in [0.5, 0.6) is 0 Å². The van der Waals surface area contributed by atoms with Gasteiger partial charge in [0, 0.05) is 5.69 Å². The maximum atomic E-state index is 12.6. The highest BCUT2D eigenvalue weighted by atomic mass is 32.1. The third-order valence-electron chi connectivity index (χ3n) is 3.63. The van der Waals surface area contributed by atoms with Crippen LogP contribution in [0.4, 0.5) is 5.69 Å². The third kappa shape index (κ3) is 3.22. The number of benzene rings is 2. The number of carbonyl (C=O) groups excluding carboxylic acids is 1. The van der Waals surface area contributed by atoms with E-state index >= 15 is 0 Å². The number of amides is 1. The number of nitrogens with zero attached hydrogens (tertiary/aromatic N) is 2. The summed E-state index contributed by atoms with van der Waals surface area (Å²) in [7, 11) is 0. The zero-order valence-corrected chi connectivity index (χ0v) is 13.2. The number of hydrogen-bond donors (Lipinski definition) is 2. The molecule has 1 aliphatic rings. The lowest BCUT2D eigenvalue weighted by molar-refractivity contribution is -0.116. The van der Waals surface area contributed by atoms with Gasteiger partial charge >= 0.3 is 0 Å². The van der Waals surface area contributed by atoms with Crippen molar-refractivity contribution in [2.75, 3.05) is 4.90 Å². The van der Waals surface area contributed by atoms with Gasteiger partial charge in [0.05, 0.1) is 12.1 Å². The van der Waals surface area contributed by atoms with Crippen molar-refractivity contribution in [2.45, 2.75) is 12.5 Å². The van der Waals surface area contributed by atoms with Gasteiger partial charge in [-0.2, -0.15) is 5.10 Å². The zero-order valence-electron chi connectivity index (χ0n) is 12.3. The van der Waals surface area contributed by atoms with Crippen molar-refractivity contribution in [3.05, 3.63) is 66.2 Å². The molecular formula is C17H16N4OS. The van der Waals surface area contributed by atoms with E-state index in [1.165, 1.54) is 0 Å². The van der Waals surface area contributed by atoms with Crippen molar-refractivity contribution in [3.8, 4) is 0 Å². The molecule has 0 aromatic heterocycles. The summed E-state index contributed by atoms with van der Waals surface area (Å²) in [5, 5.41) is 4.32. The van der Waals surface area contributed by atoms with Crippen LogP contribution in [0, 0.1) is 0 Å². The standard InChI is InChI=1S/C17H16N4OS/c18-17(23)20-19-14-11-15(22)21(13-9-5-2-6-10-13)16(14)12-7-3-1-4-8-12/h1-10,16H,11H2,(H3,18,20,23)/b19-14+/t16-/m0/s1. The van der Waals surface area contributed by atoms with Gasteiger partial charge in [-0.15, -0.1) is 0 Å². The smallest absolute Gasteiger partial charge is 0.233 e. The molecule has 5 nitrogen and oxygen atoms in total. The molecule has 116 valence electrons. The van der Waals surface area contributed by atoms with E-state index in [1.54, 1.807) is 4.90 Å². The van der Waals surface area contributed by atoms with E-state index < -0.39 is 0 Å². The second kappa shape index (κ2) is 6.58. The summed E-state index contributed by atoms with van der Waals surface area (Å²) >= 11 is 4.80. The van der Waals surface area contributed by atoms with E-state index in [-0.39, 0.29) is 23.5 Å². The summed E-state index contributed by atoms with van der Waals surface area (Å²) in [6, 6.07) is 19.1. The number of para-hydroxylation sites is 1. The summed E-state index contributed by atoms with van der Waals surface area (Å²) in [5.41, 5.74) is 10.6. The normalized spacial score (nSPS) is 19.1. The molecule has 1 atom stereocenters. The van der Waals surface area contributed by atoms with Crippen molar-refractivity contribution in [1.29, 1.82) is 0 Å². The molecule has 0 radical (unpaired) electrons. The van der Waals surface area contributed by atoms with E-state index in [1.807, 2.05) is 60.7 Å². The molecule has 0 saturated carbocycles. The number of anilines is 1. The van der Waals surface area contributed by atoms with Crippen LogP contribution in [-0.2, 0) is 4.79 Å². The van der Waals surface area contributed by atoms with Crippen molar-refractivity contribution >= 4 is 34.6 Å². The Morgan fingerprint density at radius 1 is 1.13 bits per heavy atom. The van der Waals surface area contributed by atoms with Crippen LogP contribution >= 0.6 is 12.2 Å². The first-order chi connectivity index (χ1) is 11.2. The second-order valence-electron chi connectivity index (χ2n) is 5.17. The van der Waals surface area contributed by atoms with E-state index in [2.05, 4.69) is 10.5 Å². The molecular weight excluding hydrogens is 308 g/mol. The number of carbonyl (C=O) groups is 1. The van der Waals surface area contributed by atoms with E-state index in [0.717, 1.165) is 11.3 Å². The molecule has 2 aromatic rings. The van der Waals surface area contributed by atoms with Crippen LogP contribution in [0.25, 0.3) is 0 Å². The molecule has 2 aromatic carbocycles. The lowest BCUT2D eigenvalue weighted by Crippen LogP contribution is -2.30. The predicted octanol–water partition coefficient (Wildman–Crippen LogP) is 2.35. The molecule has 0 spiro atoms. The van der Waals surface area contributed by atoms with Gasteiger partial charge in [-0.3, -0.25) is 15.1 Å². The highest BCUT2D eigenvalue weighted by molar-refractivity contribution is 7.80. The quantitative estimate of drug-likeness (QED) is 0.672. The van der Waals surface area contributed by atoms with Gasteiger partial charge in [-0.1, -0.05) is 48.5 Å². The van der Waals surface area contributed by atoms with Crippen molar-refractivity contribution in [2.24, 2.45) is 10.8 Å². The largest absolute Gasteiger partial charge is 0.375 e. The summed E-state index contributed by atoms with van der Waals surface area (Å²) in [4.78, 5) is 14.3. The van der Waals surface area contributed by atoms with Crippen LogP contribution in [0.3, 0.4) is 0 Å². The Balaban J connectivity index is 2.05. The van der Waals surface area contributed by atoms with Gasteiger partial charge in [0.2, 0.25) is 5.91 Å². The van der Waals surface area contributed by atoms with Crippen LogP contribution in [-0.4, -0.2) is 16.7 Å². The average molecular weight is 324 g/mol. The molecule has 1 aliphatic heterocycles. The minimum atomic E-state index is -0.270. The van der Waals surface area contributed by atoms with E-state index in [0.29, 0.717) is 5.71 Å². The lowest BCUT2D eigenvalue weighted by Gasteiger charge is -2.25. The molecule has 1 fully saturated rings. The lowest BCUT2D eigenvalue weighted by atomic mass is 10.0. The van der Waals surface area contributed by atoms with Gasteiger partial charge in [0.25, 0.3) is 0 Å². The minimum Gasteiger partial charge on any atom is -0.375 e. The van der Waals surface area contributed by atoms with Gasteiger partial charge < -0.3 is 5.73 Å². The summed E-state index contributed by atoms with van der Waals surface area (Å²) in [6.45, 7) is 0. The Bertz CT molecular complexity index is 746. The van der Waals surface area contributed by atoms with Crippen LogP contribution in [0.2, 0.25) is 0 Å². The SMILES string of the molecule is NC(=S)N/N=C1\CC(=O)N(c2ccccc2)[C@H]1c1ccccc1. The topological polar surface area (TPSA) is 70.7 Å². The van der Waals surface area contributed by atoms with Crippen LogP contribution in [0.1, 0.15) is 18.0 Å². The van der Waals surface area contributed by atoms with Crippen molar-refractivity contribution < 1.29 is 4.79 Å². The predicted molar refractivity (Wildman–Crippen MR) is 95.1 cm³/mol. The van der Waals surface area contributed by atoms with Gasteiger partial charge in [0.1, 0.15) is 6.04 Å². The second-order valence-corrected chi connectivity index (χ2v) is 5.61. The Labute approximate surface area is 139 Å². The van der Waals surface area contributed by atoms with Crippen molar-refractivity contribution in [1.82, 2.24) is 5.43 Å². The van der Waals surface area contributed by atoms with E-state index in [4.69, 9.17) is 18.0 Å². The number of nitrogens with two attached hydrogens (primary N) is 1. The first-order valence-electron chi connectivity index (χ1n) is 7.21. The maximum absolute atomic E-state index is 12.6. The first kappa shape index (κ1) is 15.2. The Kier molecular flexibility index (Phi) is 4.34. The van der Waals surface area contributed by atoms with Gasteiger partial charge in [-0.05, 0) is 29.9 Å². The zero-order chi connectivity index (χ0) is 16.2. The Hall–Kier alpha value is -2.73. The fraction of sp³-hybridized carbons (Fsp3) is 0.118. The van der Waals surface area contributed by atoms with Crippen LogP contribution < -0.4 is 16.1 Å². The number of hydrogen-bond acceptors (Lipinski definition) is 3. The first-order valence-corrected chi connectivity index (χ1v) is 7.61. The average Bonchev–Trinajstić information content (AvgIpc) is 2.91. The molecule has 3 rings (SSSR count). The molecule has 0 bridgehead atoms. The number of rotatable bonds is 3. The fourth-order valence-corrected chi connectivity index (χ4v) is 2.76. The van der Waals surface area contributed by atoms with Crippen LogP contribution in [0.15, 0.2) is 65.8 Å². The monoisotopic (exact) mass is 324 g/mol. The van der Waals surface area contributed by atoms with Gasteiger partial charge in [-0.25, -0.2) is 0 Å². The summed E-state index contributed by atoms with van der Waals surface area (Å²) in [6.07, 6.45) is 0.226. The molecule has 1 heterocycles. The summed E-state index contributed by atoms with van der Waals surface area (Å²) in [5.74, 6) is -0.00598. The number of nitrogens with one attached hydrogen (secondary N) is 1. The molecule has 1 saturated heterocycles. The molecule has 6 heteroatoms. The van der Waals surface area contributed by atoms with Gasteiger partial charge in [0.15, 0.2) is 5.11 Å². The Morgan fingerprint density at radius 2 is 1.74 bits per heavy atom. The molecule has 1 amide bonds. The molecule has 0 aliphatic carbocycles. The maximum Gasteiger partial charge on any atom is 0.233 e. The number of thiocarbonyl (C=S) groups is 1. The van der Waals surface area contributed by atoms with E-state index in [9.17, 15) is 4.79 Å². The number of hydrazone groups is 1. The molecule has 0 unspecified atom stereocenters.